The van der Waals surface area contributed by atoms with Crippen molar-refractivity contribution in [2.75, 3.05) is 0 Å². The Morgan fingerprint density at radius 1 is 1.00 bits per heavy atom. The molecule has 0 saturated carbocycles. The Bertz CT molecular complexity index is 416. The van der Waals surface area contributed by atoms with Crippen LogP contribution in [0.4, 0.5) is 17.6 Å². The lowest BCUT2D eigenvalue weighted by atomic mass is 10.1. The molecule has 0 atom stereocenters. The first kappa shape index (κ1) is 13.0. The number of rotatable bonds is 3. The molecule has 88 valence electrons. The number of halogens is 5. The molecule has 0 unspecified atom stereocenters. The van der Waals surface area contributed by atoms with Gasteiger partial charge in [0.25, 0.3) is 0 Å². The topological polar surface area (TPSA) is 20.2 Å². The van der Waals surface area contributed by atoms with Gasteiger partial charge >= 0.3 is 0 Å². The van der Waals surface area contributed by atoms with Gasteiger partial charge in [-0.3, -0.25) is 0 Å². The molecule has 1 N–H and O–H groups in total. The summed E-state index contributed by atoms with van der Waals surface area (Å²) < 4.78 is 52.8. The van der Waals surface area contributed by atoms with Gasteiger partial charge in [0, 0.05) is 17.0 Å². The fraction of sp³-hybridized carbons (Fsp3) is 0.200. The Morgan fingerprint density at radius 3 is 1.69 bits per heavy atom. The van der Waals surface area contributed by atoms with Crippen molar-refractivity contribution in [1.82, 2.24) is 0 Å². The summed E-state index contributed by atoms with van der Waals surface area (Å²) in [4.78, 5) is 0. The van der Waals surface area contributed by atoms with E-state index >= 15 is 0 Å². The third-order valence-corrected chi connectivity index (χ3v) is 2.11. The lowest BCUT2D eigenvalue weighted by Gasteiger charge is -2.09. The molecule has 0 bridgehead atoms. The SMILES string of the molecule is C=C(Cl)Cc1c(F)c(F)c(CO)c(F)c1F. The summed E-state index contributed by atoms with van der Waals surface area (Å²) in [5, 5.41) is 8.41. The molecule has 0 aliphatic heterocycles. The summed E-state index contributed by atoms with van der Waals surface area (Å²) in [6.45, 7) is 2.04. The molecule has 0 aliphatic rings. The van der Waals surface area contributed by atoms with Crippen LogP contribution in [0.15, 0.2) is 11.6 Å². The van der Waals surface area contributed by atoms with Gasteiger partial charge in [0.05, 0.1) is 12.2 Å². The molecule has 1 nitrogen and oxygen atoms in total. The van der Waals surface area contributed by atoms with Crippen LogP contribution in [0.2, 0.25) is 0 Å². The molecule has 0 aliphatic carbocycles. The third kappa shape index (κ3) is 2.20. The lowest BCUT2D eigenvalue weighted by molar-refractivity contribution is 0.262. The zero-order valence-electron chi connectivity index (χ0n) is 7.96. The van der Waals surface area contributed by atoms with Crippen molar-refractivity contribution in [2.45, 2.75) is 13.0 Å². The number of allylic oxidation sites excluding steroid dienone is 1. The standard InChI is InChI=1S/C10H7ClF4O/c1-4(11)2-5-7(12)9(14)6(3-16)10(15)8(5)13/h16H,1-3H2. The lowest BCUT2D eigenvalue weighted by Crippen LogP contribution is -2.08. The highest BCUT2D eigenvalue weighted by Crippen LogP contribution is 2.26. The maximum absolute atomic E-state index is 13.3. The third-order valence-electron chi connectivity index (χ3n) is 1.97. The summed E-state index contributed by atoms with van der Waals surface area (Å²) in [5.41, 5.74) is -1.88. The summed E-state index contributed by atoms with van der Waals surface area (Å²) in [6.07, 6.45) is -0.529. The van der Waals surface area contributed by atoms with E-state index in [1.165, 1.54) is 0 Å². The van der Waals surface area contributed by atoms with Gasteiger partial charge in [-0.05, 0) is 0 Å². The van der Waals surface area contributed by atoms with E-state index in [0.717, 1.165) is 0 Å². The molecule has 0 heterocycles. The van der Waals surface area contributed by atoms with Gasteiger partial charge in [-0.25, -0.2) is 17.6 Å². The first-order chi connectivity index (χ1) is 7.40. The van der Waals surface area contributed by atoms with Gasteiger partial charge in [0.15, 0.2) is 23.3 Å². The fourth-order valence-electron chi connectivity index (χ4n) is 1.21. The van der Waals surface area contributed by atoms with Crippen LogP contribution in [0.25, 0.3) is 0 Å². The zero-order chi connectivity index (χ0) is 12.5. The fourth-order valence-corrected chi connectivity index (χ4v) is 1.34. The second-order valence-electron chi connectivity index (χ2n) is 3.07. The normalized spacial score (nSPS) is 10.6. The first-order valence-corrected chi connectivity index (χ1v) is 4.55. The van der Waals surface area contributed by atoms with Gasteiger partial charge in [0.2, 0.25) is 0 Å². The van der Waals surface area contributed by atoms with Crippen molar-refractivity contribution in [1.29, 1.82) is 0 Å². The van der Waals surface area contributed by atoms with Crippen LogP contribution in [-0.2, 0) is 13.0 Å². The monoisotopic (exact) mass is 254 g/mol. The van der Waals surface area contributed by atoms with Crippen molar-refractivity contribution >= 4 is 11.6 Å². The second-order valence-corrected chi connectivity index (χ2v) is 3.60. The first-order valence-electron chi connectivity index (χ1n) is 4.18. The van der Waals surface area contributed by atoms with Crippen molar-refractivity contribution in [3.05, 3.63) is 46.0 Å². The quantitative estimate of drug-likeness (QED) is 0.649. The molecule has 1 aromatic rings. The molecule has 16 heavy (non-hydrogen) atoms. The minimum absolute atomic E-state index is 0.159. The zero-order valence-corrected chi connectivity index (χ0v) is 8.71. The number of aliphatic hydroxyl groups excluding tert-OH is 1. The van der Waals surface area contributed by atoms with Crippen LogP contribution in [0.5, 0.6) is 0 Å². The maximum atomic E-state index is 13.3. The van der Waals surface area contributed by atoms with Gasteiger partial charge in [-0.15, -0.1) is 0 Å². The Labute approximate surface area is 94.0 Å². The van der Waals surface area contributed by atoms with Gasteiger partial charge < -0.3 is 5.11 Å². The largest absolute Gasteiger partial charge is 0.391 e. The van der Waals surface area contributed by atoms with Crippen molar-refractivity contribution in [2.24, 2.45) is 0 Å². The van der Waals surface area contributed by atoms with Crippen molar-refractivity contribution in [3.8, 4) is 0 Å². The molecule has 0 saturated heterocycles. The van der Waals surface area contributed by atoms with Crippen LogP contribution < -0.4 is 0 Å². The van der Waals surface area contributed by atoms with Crippen LogP contribution in [0.1, 0.15) is 11.1 Å². The number of hydrogen-bond donors (Lipinski definition) is 1. The van der Waals surface area contributed by atoms with E-state index in [9.17, 15) is 17.6 Å². The highest BCUT2D eigenvalue weighted by atomic mass is 35.5. The molecule has 1 aromatic carbocycles. The van der Waals surface area contributed by atoms with Crippen LogP contribution in [-0.4, -0.2) is 5.11 Å². The highest BCUT2D eigenvalue weighted by molar-refractivity contribution is 6.29. The Morgan fingerprint density at radius 2 is 1.38 bits per heavy atom. The number of hydrogen-bond acceptors (Lipinski definition) is 1. The van der Waals surface area contributed by atoms with E-state index in [4.69, 9.17) is 16.7 Å². The van der Waals surface area contributed by atoms with Gasteiger partial charge in [0.1, 0.15) is 0 Å². The summed E-state index contributed by atoms with van der Waals surface area (Å²) >= 11 is 5.31. The molecule has 0 spiro atoms. The Balaban J connectivity index is 3.47. The van der Waals surface area contributed by atoms with Crippen molar-refractivity contribution in [3.63, 3.8) is 0 Å². The summed E-state index contributed by atoms with van der Waals surface area (Å²) in [7, 11) is 0. The van der Waals surface area contributed by atoms with E-state index in [2.05, 4.69) is 6.58 Å². The van der Waals surface area contributed by atoms with Crippen LogP contribution >= 0.6 is 11.6 Å². The van der Waals surface area contributed by atoms with E-state index in [-0.39, 0.29) is 5.03 Å². The predicted molar refractivity (Wildman–Crippen MR) is 50.9 cm³/mol. The highest BCUT2D eigenvalue weighted by Gasteiger charge is 2.24. The van der Waals surface area contributed by atoms with Crippen LogP contribution in [0, 0.1) is 23.3 Å². The molecule has 0 amide bonds. The number of benzene rings is 1. The van der Waals surface area contributed by atoms with Crippen molar-refractivity contribution < 1.29 is 22.7 Å². The van der Waals surface area contributed by atoms with Crippen LogP contribution in [0.3, 0.4) is 0 Å². The molecule has 1 rings (SSSR count). The molecule has 0 fully saturated rings. The Kier molecular flexibility index (Phi) is 3.93. The smallest absolute Gasteiger partial charge is 0.167 e. The molecule has 6 heteroatoms. The van der Waals surface area contributed by atoms with Gasteiger partial charge in [-0.2, -0.15) is 0 Å². The predicted octanol–water partition coefficient (Wildman–Crippen LogP) is 3.03. The number of aliphatic hydroxyl groups is 1. The minimum Gasteiger partial charge on any atom is -0.391 e. The van der Waals surface area contributed by atoms with E-state index < -0.39 is 47.4 Å². The summed E-state index contributed by atoms with van der Waals surface area (Å²) in [6, 6.07) is 0. The van der Waals surface area contributed by atoms with E-state index in [1.54, 1.807) is 0 Å². The second kappa shape index (κ2) is 4.84. The van der Waals surface area contributed by atoms with E-state index in [0.29, 0.717) is 0 Å². The Hall–Kier alpha value is -1.07. The molecular formula is C10H7ClF4O. The van der Waals surface area contributed by atoms with Gasteiger partial charge in [-0.1, -0.05) is 18.2 Å². The maximum Gasteiger partial charge on any atom is 0.167 e. The minimum atomic E-state index is -1.62. The molecule has 0 aromatic heterocycles. The average molecular weight is 255 g/mol. The van der Waals surface area contributed by atoms with E-state index in [1.807, 2.05) is 0 Å². The average Bonchev–Trinajstić information content (AvgIpc) is 2.22. The summed E-state index contributed by atoms with van der Waals surface area (Å²) in [5.74, 6) is -6.36. The molecule has 0 radical (unpaired) electrons. The molecular weight excluding hydrogens is 248 g/mol.